The molecule has 63 heavy (non-hydrogen) atoms. The van der Waals surface area contributed by atoms with Gasteiger partial charge in [-0.05, 0) is 155 Å². The molecule has 0 fully saturated rings. The first-order chi connectivity index (χ1) is 31.1. The van der Waals surface area contributed by atoms with E-state index in [0.29, 0.717) is 0 Å². The summed E-state index contributed by atoms with van der Waals surface area (Å²) in [5.41, 5.74) is 18.6. The molecule has 3 heteroatoms. The molecule has 11 aromatic rings. The van der Waals surface area contributed by atoms with E-state index in [1.54, 1.807) is 0 Å². The van der Waals surface area contributed by atoms with E-state index in [2.05, 4.69) is 236 Å². The Hall–Kier alpha value is -7.88. The van der Waals surface area contributed by atoms with Crippen LogP contribution in [-0.2, 0) is 0 Å². The Morgan fingerprint density at radius 1 is 0.317 bits per heavy atom. The first-order valence-electron chi connectivity index (χ1n) is 22.0. The predicted octanol–water partition coefficient (Wildman–Crippen LogP) is 14.3. The van der Waals surface area contributed by atoms with Gasteiger partial charge in [-0.3, -0.25) is 0 Å². The lowest BCUT2D eigenvalue weighted by Gasteiger charge is -2.45. The van der Waals surface area contributed by atoms with E-state index in [-0.39, 0.29) is 6.71 Å². The van der Waals surface area contributed by atoms with Gasteiger partial charge in [-0.25, -0.2) is 0 Å². The molecule has 11 aromatic carbocycles. The van der Waals surface area contributed by atoms with Crippen LogP contribution in [0.4, 0.5) is 34.1 Å². The van der Waals surface area contributed by atoms with Gasteiger partial charge in [0.1, 0.15) is 0 Å². The number of hydrogen-bond donors (Lipinski definition) is 0. The Kier molecular flexibility index (Phi) is 7.86. The summed E-state index contributed by atoms with van der Waals surface area (Å²) in [7, 11) is 0. The van der Waals surface area contributed by atoms with Crippen LogP contribution < -0.4 is 26.2 Å². The quantitative estimate of drug-likeness (QED) is 0.129. The summed E-state index contributed by atoms with van der Waals surface area (Å²) in [6.45, 7) is 4.54. The third-order valence-corrected chi connectivity index (χ3v) is 13.8. The average Bonchev–Trinajstić information content (AvgIpc) is 3.33. The van der Waals surface area contributed by atoms with Crippen molar-refractivity contribution in [3.8, 4) is 22.3 Å². The fraction of sp³-hybridized carbons (Fsp3) is 0.0333. The molecule has 0 N–H and O–H groups in total. The Morgan fingerprint density at radius 2 is 0.746 bits per heavy atom. The number of nitrogens with zero attached hydrogens (tertiary/aromatic N) is 2. The van der Waals surface area contributed by atoms with E-state index in [0.717, 1.165) is 11.4 Å². The van der Waals surface area contributed by atoms with Crippen LogP contribution in [0, 0.1) is 13.8 Å². The highest BCUT2D eigenvalue weighted by molar-refractivity contribution is 7.00. The van der Waals surface area contributed by atoms with Crippen LogP contribution in [0.15, 0.2) is 212 Å². The summed E-state index contributed by atoms with van der Waals surface area (Å²) in [5, 5.41) is 10.1. The number of fused-ring (bicyclic) bond motifs is 10. The average molecular weight is 801 g/mol. The highest BCUT2D eigenvalue weighted by atomic mass is 15.2. The van der Waals surface area contributed by atoms with Crippen molar-refractivity contribution in [2.24, 2.45) is 0 Å². The van der Waals surface area contributed by atoms with Crippen LogP contribution in [0.25, 0.3) is 65.3 Å². The standard InChI is InChI=1S/C60H41BN2/c1-38-30-45(40-16-6-3-7-17-40)31-39(2)59(38)46-34-57-60-58(35-46)63(48-22-10-5-11-23-48)56-37-52-44(29-27-42-19-13-15-25-50(42)52)33-54(56)61(60)53-32-43-28-26-41-18-12-14-24-49(41)51(43)36-55(53)62(57)47-20-8-4-9-21-47/h3-37H,1-2H3. The zero-order valence-electron chi connectivity index (χ0n) is 35.2. The summed E-state index contributed by atoms with van der Waals surface area (Å²) in [5.74, 6) is 0. The van der Waals surface area contributed by atoms with Gasteiger partial charge in [0.05, 0.1) is 0 Å². The third-order valence-electron chi connectivity index (χ3n) is 13.8. The Balaban J connectivity index is 1.18. The Bertz CT molecular complexity index is 3440. The highest BCUT2D eigenvalue weighted by Crippen LogP contribution is 2.48. The van der Waals surface area contributed by atoms with Crippen molar-refractivity contribution in [2.45, 2.75) is 13.8 Å². The molecule has 0 aliphatic carbocycles. The van der Waals surface area contributed by atoms with Crippen LogP contribution in [0.2, 0.25) is 0 Å². The molecule has 0 spiro atoms. The third kappa shape index (κ3) is 5.46. The molecule has 2 heterocycles. The molecular weight excluding hydrogens is 759 g/mol. The van der Waals surface area contributed by atoms with Gasteiger partial charge in [-0.1, -0.05) is 164 Å². The normalized spacial score (nSPS) is 12.8. The van der Waals surface area contributed by atoms with Crippen LogP contribution in [0.3, 0.4) is 0 Å². The summed E-state index contributed by atoms with van der Waals surface area (Å²) in [4.78, 5) is 5.11. The van der Waals surface area contributed by atoms with E-state index in [1.807, 2.05) is 0 Å². The molecule has 2 aliphatic rings. The van der Waals surface area contributed by atoms with E-state index in [9.17, 15) is 0 Å². The zero-order valence-corrected chi connectivity index (χ0v) is 35.2. The lowest BCUT2D eigenvalue weighted by atomic mass is 9.33. The maximum atomic E-state index is 2.56. The van der Waals surface area contributed by atoms with Crippen molar-refractivity contribution < 1.29 is 0 Å². The molecule has 0 atom stereocenters. The zero-order chi connectivity index (χ0) is 41.8. The van der Waals surface area contributed by atoms with Gasteiger partial charge in [0, 0.05) is 34.1 Å². The fourth-order valence-corrected chi connectivity index (χ4v) is 11.1. The monoisotopic (exact) mass is 800 g/mol. The number of anilines is 6. The minimum Gasteiger partial charge on any atom is -0.311 e. The second-order valence-electron chi connectivity index (χ2n) is 17.4. The van der Waals surface area contributed by atoms with Gasteiger partial charge in [0.15, 0.2) is 0 Å². The molecule has 0 saturated heterocycles. The number of para-hydroxylation sites is 2. The predicted molar refractivity (Wildman–Crippen MR) is 271 cm³/mol. The van der Waals surface area contributed by atoms with E-state index in [1.165, 1.54) is 116 Å². The number of rotatable bonds is 4. The van der Waals surface area contributed by atoms with Crippen molar-refractivity contribution in [3.63, 3.8) is 0 Å². The first-order valence-corrected chi connectivity index (χ1v) is 22.0. The van der Waals surface area contributed by atoms with Crippen molar-refractivity contribution in [1.29, 1.82) is 0 Å². The van der Waals surface area contributed by atoms with Crippen LogP contribution in [-0.4, -0.2) is 6.71 Å². The largest absolute Gasteiger partial charge is 0.311 e. The summed E-state index contributed by atoms with van der Waals surface area (Å²) in [6.07, 6.45) is 0. The van der Waals surface area contributed by atoms with Gasteiger partial charge in [0.25, 0.3) is 6.71 Å². The number of aryl methyl sites for hydroxylation is 2. The van der Waals surface area contributed by atoms with Gasteiger partial charge >= 0.3 is 0 Å². The second kappa shape index (κ2) is 13.8. The SMILES string of the molecule is Cc1cc(-c2ccccc2)cc(C)c1-c1cc2c3c(c1)N(c1ccccc1)c1cc4c(ccc5ccccc54)cc1B3c1cc3ccc4ccccc4c3cc1N2c1ccccc1. The molecule has 2 nitrogen and oxygen atoms in total. The van der Waals surface area contributed by atoms with Gasteiger partial charge in [0.2, 0.25) is 0 Å². The van der Waals surface area contributed by atoms with E-state index < -0.39 is 0 Å². The van der Waals surface area contributed by atoms with Gasteiger partial charge in [-0.2, -0.15) is 0 Å². The van der Waals surface area contributed by atoms with Crippen LogP contribution in [0.5, 0.6) is 0 Å². The molecule has 0 bridgehead atoms. The Morgan fingerprint density at radius 3 is 1.24 bits per heavy atom. The molecule has 2 aliphatic heterocycles. The van der Waals surface area contributed by atoms with Gasteiger partial charge < -0.3 is 9.80 Å². The molecule has 0 aromatic heterocycles. The number of hydrogen-bond acceptors (Lipinski definition) is 2. The molecule has 294 valence electrons. The molecule has 0 amide bonds. The van der Waals surface area contributed by atoms with E-state index >= 15 is 0 Å². The molecule has 0 saturated carbocycles. The Labute approximate surface area is 368 Å². The van der Waals surface area contributed by atoms with E-state index in [4.69, 9.17) is 0 Å². The smallest absolute Gasteiger partial charge is 0.252 e. The van der Waals surface area contributed by atoms with Crippen LogP contribution >= 0.6 is 0 Å². The minimum atomic E-state index is -0.0247. The van der Waals surface area contributed by atoms with Crippen molar-refractivity contribution in [2.75, 3.05) is 9.80 Å². The maximum absolute atomic E-state index is 2.56. The molecule has 0 unspecified atom stereocenters. The molecule has 0 radical (unpaired) electrons. The highest BCUT2D eigenvalue weighted by Gasteiger charge is 2.44. The number of benzene rings is 11. The van der Waals surface area contributed by atoms with Crippen molar-refractivity contribution in [1.82, 2.24) is 0 Å². The molecular formula is C60H41BN2. The summed E-state index contributed by atoms with van der Waals surface area (Å²) >= 11 is 0. The topological polar surface area (TPSA) is 6.48 Å². The minimum absolute atomic E-state index is 0.0247. The summed E-state index contributed by atoms with van der Waals surface area (Å²) in [6, 6.07) is 79.3. The second-order valence-corrected chi connectivity index (χ2v) is 17.4. The van der Waals surface area contributed by atoms with Gasteiger partial charge in [-0.15, -0.1) is 0 Å². The first kappa shape index (κ1) is 35.8. The maximum Gasteiger partial charge on any atom is 0.252 e. The fourth-order valence-electron chi connectivity index (χ4n) is 11.1. The van der Waals surface area contributed by atoms with Crippen molar-refractivity contribution >= 4 is 100 Å². The van der Waals surface area contributed by atoms with Crippen molar-refractivity contribution in [3.05, 3.63) is 223 Å². The lowest BCUT2D eigenvalue weighted by Crippen LogP contribution is -2.61. The molecule has 13 rings (SSSR count). The summed E-state index contributed by atoms with van der Waals surface area (Å²) < 4.78 is 0. The van der Waals surface area contributed by atoms with Crippen LogP contribution in [0.1, 0.15) is 11.1 Å². The lowest BCUT2D eigenvalue weighted by molar-refractivity contribution is 1.25.